The monoisotopic (exact) mass is 299 g/mol. The molecule has 0 saturated heterocycles. The number of nitrogens with one attached hydrogen (secondary N) is 1. The number of benzene rings is 2. The Hall–Kier alpha value is -1.31. The van der Waals surface area contributed by atoms with Gasteiger partial charge in [-0.25, -0.2) is 0 Å². The smallest absolute Gasteiger partial charge is 0.0594 e. The maximum absolute atomic E-state index is 6.41. The number of hydrogen-bond acceptors (Lipinski definition) is 1. The van der Waals surface area contributed by atoms with Crippen molar-refractivity contribution in [3.8, 4) is 0 Å². The lowest BCUT2D eigenvalue weighted by atomic mass is 9.81. The van der Waals surface area contributed by atoms with Gasteiger partial charge in [0.1, 0.15) is 0 Å². The lowest BCUT2D eigenvalue weighted by molar-refractivity contribution is 0.555. The van der Waals surface area contributed by atoms with Gasteiger partial charge in [0.15, 0.2) is 0 Å². The summed E-state index contributed by atoms with van der Waals surface area (Å²) in [4.78, 5) is 0. The number of rotatable bonds is 1. The first-order valence-electron chi connectivity index (χ1n) is 7.58. The van der Waals surface area contributed by atoms with Crippen molar-refractivity contribution in [2.45, 2.75) is 38.6 Å². The van der Waals surface area contributed by atoms with Gasteiger partial charge in [0.25, 0.3) is 0 Å². The molecule has 0 saturated carbocycles. The summed E-state index contributed by atoms with van der Waals surface area (Å²) in [5.74, 6) is 0. The molecule has 1 heterocycles. The Balaban J connectivity index is 2.10. The molecule has 0 amide bonds. The molecule has 1 nitrogen and oxygen atoms in total. The van der Waals surface area contributed by atoms with Crippen molar-refractivity contribution >= 4 is 11.6 Å². The molecule has 0 aromatic heterocycles. The standard InChI is InChI=1S/C19H22ClN/c1-19(2,3)14-9-8-13-10-11-21-18(16(13)12-14)15-6-4-5-7-17(15)20/h4-9,12,18,21H,10-11H2,1-3H3. The van der Waals surface area contributed by atoms with Gasteiger partial charge in [0, 0.05) is 11.6 Å². The first kappa shape index (κ1) is 14.6. The fraction of sp³-hybridized carbons (Fsp3) is 0.368. The zero-order chi connectivity index (χ0) is 15.0. The second kappa shape index (κ2) is 5.47. The number of halogens is 1. The third kappa shape index (κ3) is 2.86. The predicted molar refractivity (Wildman–Crippen MR) is 90.1 cm³/mol. The highest BCUT2D eigenvalue weighted by molar-refractivity contribution is 6.31. The predicted octanol–water partition coefficient (Wildman–Crippen LogP) is 4.87. The van der Waals surface area contributed by atoms with Crippen LogP contribution in [0.1, 0.15) is 49.1 Å². The van der Waals surface area contributed by atoms with E-state index in [0.717, 1.165) is 18.0 Å². The van der Waals surface area contributed by atoms with Crippen LogP contribution in [-0.4, -0.2) is 6.54 Å². The van der Waals surface area contributed by atoms with E-state index in [1.165, 1.54) is 22.3 Å². The van der Waals surface area contributed by atoms with Gasteiger partial charge < -0.3 is 5.32 Å². The molecule has 1 N–H and O–H groups in total. The van der Waals surface area contributed by atoms with E-state index in [1.807, 2.05) is 12.1 Å². The summed E-state index contributed by atoms with van der Waals surface area (Å²) < 4.78 is 0. The quantitative estimate of drug-likeness (QED) is 0.792. The van der Waals surface area contributed by atoms with Crippen molar-refractivity contribution in [1.82, 2.24) is 5.32 Å². The Morgan fingerprint density at radius 2 is 1.81 bits per heavy atom. The van der Waals surface area contributed by atoms with Gasteiger partial charge in [-0.1, -0.05) is 68.8 Å². The topological polar surface area (TPSA) is 12.0 Å². The van der Waals surface area contributed by atoms with Crippen LogP contribution in [0.15, 0.2) is 42.5 Å². The lowest BCUT2D eigenvalue weighted by Crippen LogP contribution is -2.31. The summed E-state index contributed by atoms with van der Waals surface area (Å²) in [5.41, 5.74) is 5.53. The minimum atomic E-state index is 0.164. The van der Waals surface area contributed by atoms with E-state index < -0.39 is 0 Å². The molecule has 0 radical (unpaired) electrons. The zero-order valence-corrected chi connectivity index (χ0v) is 13.7. The number of fused-ring (bicyclic) bond motifs is 1. The number of hydrogen-bond donors (Lipinski definition) is 1. The second-order valence-corrected chi connectivity index (χ2v) is 7.23. The molecule has 3 rings (SSSR count). The van der Waals surface area contributed by atoms with Gasteiger partial charge in [-0.3, -0.25) is 0 Å². The van der Waals surface area contributed by atoms with Crippen LogP contribution in [0.2, 0.25) is 5.02 Å². The van der Waals surface area contributed by atoms with E-state index in [-0.39, 0.29) is 11.5 Å². The summed E-state index contributed by atoms with van der Waals surface area (Å²) in [6.45, 7) is 7.78. The van der Waals surface area contributed by atoms with E-state index in [9.17, 15) is 0 Å². The lowest BCUT2D eigenvalue weighted by Gasteiger charge is -2.30. The van der Waals surface area contributed by atoms with E-state index in [4.69, 9.17) is 11.6 Å². The Kier molecular flexibility index (Phi) is 3.81. The average molecular weight is 300 g/mol. The van der Waals surface area contributed by atoms with Gasteiger partial charge in [0.05, 0.1) is 6.04 Å². The van der Waals surface area contributed by atoms with E-state index in [2.05, 4.69) is 56.4 Å². The maximum atomic E-state index is 6.41. The van der Waals surface area contributed by atoms with Crippen molar-refractivity contribution in [3.05, 3.63) is 69.7 Å². The van der Waals surface area contributed by atoms with Crippen molar-refractivity contribution in [2.75, 3.05) is 6.54 Å². The Labute approximate surface area is 132 Å². The van der Waals surface area contributed by atoms with Gasteiger partial charge in [-0.2, -0.15) is 0 Å². The van der Waals surface area contributed by atoms with Crippen LogP contribution < -0.4 is 5.32 Å². The molecule has 0 fully saturated rings. The minimum Gasteiger partial charge on any atom is -0.306 e. The van der Waals surface area contributed by atoms with Crippen LogP contribution >= 0.6 is 11.6 Å². The fourth-order valence-corrected chi connectivity index (χ4v) is 3.25. The Morgan fingerprint density at radius 1 is 1.05 bits per heavy atom. The van der Waals surface area contributed by atoms with Gasteiger partial charge in [-0.05, 0) is 40.2 Å². The minimum absolute atomic E-state index is 0.164. The van der Waals surface area contributed by atoms with Crippen molar-refractivity contribution in [2.24, 2.45) is 0 Å². The third-order valence-corrected chi connectivity index (χ3v) is 4.63. The molecule has 1 unspecified atom stereocenters. The van der Waals surface area contributed by atoms with E-state index >= 15 is 0 Å². The summed E-state index contributed by atoms with van der Waals surface area (Å²) in [7, 11) is 0. The average Bonchev–Trinajstić information content (AvgIpc) is 2.46. The van der Waals surface area contributed by atoms with Gasteiger partial charge >= 0.3 is 0 Å². The van der Waals surface area contributed by atoms with Crippen molar-refractivity contribution in [1.29, 1.82) is 0 Å². The second-order valence-electron chi connectivity index (χ2n) is 6.82. The highest BCUT2D eigenvalue weighted by Crippen LogP contribution is 2.35. The highest BCUT2D eigenvalue weighted by atomic mass is 35.5. The van der Waals surface area contributed by atoms with E-state index in [1.54, 1.807) is 0 Å². The van der Waals surface area contributed by atoms with E-state index in [0.29, 0.717) is 0 Å². The molecule has 2 aromatic rings. The Bertz CT molecular complexity index is 655. The molecule has 110 valence electrons. The van der Waals surface area contributed by atoms with Crippen LogP contribution in [0.4, 0.5) is 0 Å². The highest BCUT2D eigenvalue weighted by Gasteiger charge is 2.25. The molecule has 21 heavy (non-hydrogen) atoms. The van der Waals surface area contributed by atoms with Gasteiger partial charge in [0.2, 0.25) is 0 Å². The fourth-order valence-electron chi connectivity index (χ4n) is 3.01. The summed E-state index contributed by atoms with van der Waals surface area (Å²) in [6.07, 6.45) is 1.08. The molecule has 2 heteroatoms. The Morgan fingerprint density at radius 3 is 2.52 bits per heavy atom. The van der Waals surface area contributed by atoms with Gasteiger partial charge in [-0.15, -0.1) is 0 Å². The maximum Gasteiger partial charge on any atom is 0.0594 e. The van der Waals surface area contributed by atoms with Crippen LogP contribution in [0.5, 0.6) is 0 Å². The zero-order valence-electron chi connectivity index (χ0n) is 12.9. The molecule has 1 aliphatic rings. The molecule has 1 atom stereocenters. The van der Waals surface area contributed by atoms with Crippen molar-refractivity contribution in [3.63, 3.8) is 0 Å². The van der Waals surface area contributed by atoms with Crippen LogP contribution in [-0.2, 0) is 11.8 Å². The normalized spacial score (nSPS) is 18.4. The SMILES string of the molecule is CC(C)(C)c1ccc2c(c1)C(c1ccccc1Cl)NCC2. The molecule has 0 bridgehead atoms. The molecule has 2 aromatic carbocycles. The molecule has 0 spiro atoms. The first-order valence-corrected chi connectivity index (χ1v) is 7.96. The summed E-state index contributed by atoms with van der Waals surface area (Å²) >= 11 is 6.41. The molecule has 1 aliphatic heterocycles. The summed E-state index contributed by atoms with van der Waals surface area (Å²) in [5, 5.41) is 4.46. The molecule has 0 aliphatic carbocycles. The first-order chi connectivity index (χ1) is 9.97. The largest absolute Gasteiger partial charge is 0.306 e. The summed E-state index contributed by atoms with van der Waals surface area (Å²) in [6, 6.07) is 15.3. The third-order valence-electron chi connectivity index (χ3n) is 4.28. The molecular formula is C19H22ClN. The van der Waals surface area contributed by atoms with Crippen LogP contribution in [0.3, 0.4) is 0 Å². The molecular weight excluding hydrogens is 278 g/mol. The van der Waals surface area contributed by atoms with Crippen LogP contribution in [0, 0.1) is 0 Å². The van der Waals surface area contributed by atoms with Crippen molar-refractivity contribution < 1.29 is 0 Å². The van der Waals surface area contributed by atoms with Crippen LogP contribution in [0.25, 0.3) is 0 Å².